The molecule has 0 N–H and O–H groups in total. The Morgan fingerprint density at radius 3 is 1.64 bits per heavy atom. The summed E-state index contributed by atoms with van der Waals surface area (Å²) in [7, 11) is 0. The van der Waals surface area contributed by atoms with Gasteiger partial charge in [-0.25, -0.2) is 0 Å². The van der Waals surface area contributed by atoms with Crippen LogP contribution in [0.1, 0.15) is 0 Å². The first kappa shape index (κ1) is 31.1. The molecular weight excluding hydrogens is 679 g/mol. The highest BCUT2D eigenvalue weighted by molar-refractivity contribution is 7.00. The highest BCUT2D eigenvalue weighted by atomic mass is 16.3. The molecule has 3 heterocycles. The van der Waals surface area contributed by atoms with Crippen molar-refractivity contribution < 1.29 is 4.42 Å². The molecule has 9 aromatic carbocycles. The van der Waals surface area contributed by atoms with Crippen molar-refractivity contribution in [1.29, 1.82) is 0 Å². The second kappa shape index (κ2) is 12.1. The molecule has 0 radical (unpaired) electrons. The first-order chi connectivity index (χ1) is 27.8. The minimum absolute atomic E-state index is 0.0722. The summed E-state index contributed by atoms with van der Waals surface area (Å²) in [6.07, 6.45) is 0. The van der Waals surface area contributed by atoms with Crippen molar-refractivity contribution in [2.24, 2.45) is 0 Å². The van der Waals surface area contributed by atoms with Crippen LogP contribution in [0.15, 0.2) is 205 Å². The molecule has 0 saturated carbocycles. The van der Waals surface area contributed by atoms with Gasteiger partial charge in [-0.3, -0.25) is 0 Å². The van der Waals surface area contributed by atoms with Crippen LogP contribution in [0.2, 0.25) is 0 Å². The van der Waals surface area contributed by atoms with Crippen molar-refractivity contribution in [2.75, 3.05) is 9.80 Å². The van der Waals surface area contributed by atoms with Gasteiger partial charge in [-0.1, -0.05) is 127 Å². The van der Waals surface area contributed by atoms with Crippen LogP contribution in [-0.2, 0) is 0 Å². The Labute approximate surface area is 325 Å². The first-order valence-corrected chi connectivity index (χ1v) is 19.3. The van der Waals surface area contributed by atoms with Crippen LogP contribution in [0.3, 0.4) is 0 Å². The van der Waals surface area contributed by atoms with Crippen LogP contribution in [0.25, 0.3) is 55.0 Å². The summed E-state index contributed by atoms with van der Waals surface area (Å²) in [6, 6.07) is 72.9. The average molecular weight is 713 g/mol. The molecule has 0 bridgehead atoms. The molecule has 0 amide bonds. The van der Waals surface area contributed by atoms with E-state index in [1.807, 2.05) is 12.1 Å². The number of benzene rings is 9. The van der Waals surface area contributed by atoms with Gasteiger partial charge in [0, 0.05) is 44.9 Å². The van der Waals surface area contributed by atoms with Gasteiger partial charge in [0.1, 0.15) is 11.2 Å². The molecule has 0 spiro atoms. The number of anilines is 6. The van der Waals surface area contributed by atoms with Crippen molar-refractivity contribution >= 4 is 89.9 Å². The SMILES string of the molecule is c1ccc(N2c3ccccc3B3c4cc(-c5ccc(-c6ccc7cc8oc9ccccc9c8cc7c6)cc5)ccc4N(c4ccccc4)c4cccc2c43)cc1. The van der Waals surface area contributed by atoms with E-state index in [2.05, 4.69) is 198 Å². The lowest BCUT2D eigenvalue weighted by molar-refractivity contribution is 0.669. The number of hydrogen-bond donors (Lipinski definition) is 0. The van der Waals surface area contributed by atoms with Gasteiger partial charge in [0.2, 0.25) is 0 Å². The van der Waals surface area contributed by atoms with Crippen molar-refractivity contribution in [3.05, 3.63) is 200 Å². The largest absolute Gasteiger partial charge is 0.456 e. The number of hydrogen-bond acceptors (Lipinski definition) is 3. The third-order valence-electron chi connectivity index (χ3n) is 11.8. The van der Waals surface area contributed by atoms with E-state index in [1.165, 1.54) is 72.2 Å². The molecule has 260 valence electrons. The molecule has 0 atom stereocenters. The Hall–Kier alpha value is -7.30. The Morgan fingerprint density at radius 1 is 0.339 bits per heavy atom. The standard InChI is InChI=1S/C52H33BN2O/c1-3-12-40(13-4-1)54-46-18-9-8-17-44(46)53-45-32-37(28-29-47(45)55(41-14-5-2-6-15-41)49-20-11-19-48(54)52(49)53)35-24-22-34(23-25-35)36-26-27-38-33-51-43(31-39(38)30-36)42-16-7-10-21-50(42)56-51/h1-33H. The Balaban J connectivity index is 0.983. The zero-order valence-corrected chi connectivity index (χ0v) is 30.4. The summed E-state index contributed by atoms with van der Waals surface area (Å²) in [5.74, 6) is 0. The van der Waals surface area contributed by atoms with E-state index < -0.39 is 0 Å². The normalized spacial score (nSPS) is 12.9. The summed E-state index contributed by atoms with van der Waals surface area (Å²) < 4.78 is 6.17. The Morgan fingerprint density at radius 2 is 0.911 bits per heavy atom. The van der Waals surface area contributed by atoms with Crippen molar-refractivity contribution in [2.45, 2.75) is 0 Å². The summed E-state index contributed by atoms with van der Waals surface area (Å²) in [4.78, 5) is 4.89. The maximum atomic E-state index is 6.17. The first-order valence-electron chi connectivity index (χ1n) is 19.3. The molecule has 0 fully saturated rings. The lowest BCUT2D eigenvalue weighted by Crippen LogP contribution is -2.61. The van der Waals surface area contributed by atoms with Gasteiger partial charge >= 0.3 is 0 Å². The lowest BCUT2D eigenvalue weighted by Gasteiger charge is -2.44. The summed E-state index contributed by atoms with van der Waals surface area (Å²) in [5, 5.41) is 4.70. The van der Waals surface area contributed by atoms with Crippen LogP contribution < -0.4 is 26.2 Å². The van der Waals surface area contributed by atoms with E-state index in [0.29, 0.717) is 0 Å². The van der Waals surface area contributed by atoms with Crippen molar-refractivity contribution in [3.8, 4) is 22.3 Å². The monoisotopic (exact) mass is 712 g/mol. The highest BCUT2D eigenvalue weighted by Gasteiger charge is 2.43. The third kappa shape index (κ3) is 4.66. The summed E-state index contributed by atoms with van der Waals surface area (Å²) in [6.45, 7) is 0.0722. The maximum Gasteiger partial charge on any atom is 0.252 e. The number of furan rings is 1. The van der Waals surface area contributed by atoms with Gasteiger partial charge in [-0.15, -0.1) is 0 Å². The van der Waals surface area contributed by atoms with Gasteiger partial charge in [0.25, 0.3) is 6.71 Å². The summed E-state index contributed by atoms with van der Waals surface area (Å²) in [5.41, 5.74) is 17.8. The molecule has 2 aliphatic heterocycles. The summed E-state index contributed by atoms with van der Waals surface area (Å²) >= 11 is 0. The molecular formula is C52H33BN2O. The second-order valence-corrected chi connectivity index (χ2v) is 14.9. The van der Waals surface area contributed by atoms with Crippen molar-refractivity contribution in [1.82, 2.24) is 0 Å². The van der Waals surface area contributed by atoms with Crippen LogP contribution in [-0.4, -0.2) is 6.71 Å². The second-order valence-electron chi connectivity index (χ2n) is 14.9. The predicted molar refractivity (Wildman–Crippen MR) is 236 cm³/mol. The van der Waals surface area contributed by atoms with E-state index in [-0.39, 0.29) is 6.71 Å². The lowest BCUT2D eigenvalue weighted by atomic mass is 9.33. The van der Waals surface area contributed by atoms with E-state index in [0.717, 1.165) is 33.3 Å². The zero-order chi connectivity index (χ0) is 36.7. The van der Waals surface area contributed by atoms with Gasteiger partial charge in [-0.2, -0.15) is 0 Å². The maximum absolute atomic E-state index is 6.17. The highest BCUT2D eigenvalue weighted by Crippen LogP contribution is 2.44. The van der Waals surface area contributed by atoms with E-state index >= 15 is 0 Å². The van der Waals surface area contributed by atoms with Crippen LogP contribution in [0, 0.1) is 0 Å². The molecule has 0 aliphatic carbocycles. The minimum atomic E-state index is 0.0722. The van der Waals surface area contributed by atoms with Crippen molar-refractivity contribution in [3.63, 3.8) is 0 Å². The smallest absolute Gasteiger partial charge is 0.252 e. The average Bonchev–Trinajstić information content (AvgIpc) is 3.63. The number of rotatable bonds is 4. The molecule has 0 saturated heterocycles. The van der Waals surface area contributed by atoms with E-state index in [1.54, 1.807) is 0 Å². The molecule has 4 heteroatoms. The third-order valence-corrected chi connectivity index (χ3v) is 11.8. The Kier molecular flexibility index (Phi) is 6.72. The topological polar surface area (TPSA) is 19.6 Å². The molecule has 0 unspecified atom stereocenters. The molecule has 12 rings (SSSR count). The fourth-order valence-electron chi connectivity index (χ4n) is 9.28. The fraction of sp³-hybridized carbons (Fsp3) is 0. The van der Waals surface area contributed by atoms with Crippen LogP contribution in [0.4, 0.5) is 34.1 Å². The molecule has 1 aromatic heterocycles. The quantitative estimate of drug-likeness (QED) is 0.169. The van der Waals surface area contributed by atoms with E-state index in [4.69, 9.17) is 4.42 Å². The predicted octanol–water partition coefficient (Wildman–Crippen LogP) is 12.2. The number of fused-ring (bicyclic) bond motifs is 8. The number of nitrogens with zero attached hydrogens (tertiary/aromatic N) is 2. The van der Waals surface area contributed by atoms with Crippen LogP contribution in [0.5, 0.6) is 0 Å². The molecule has 10 aromatic rings. The molecule has 2 aliphatic rings. The molecule has 56 heavy (non-hydrogen) atoms. The Bertz CT molecular complexity index is 3140. The van der Waals surface area contributed by atoms with Gasteiger partial charge in [0.15, 0.2) is 0 Å². The van der Waals surface area contributed by atoms with Gasteiger partial charge < -0.3 is 14.2 Å². The zero-order valence-electron chi connectivity index (χ0n) is 30.4. The number of para-hydroxylation sites is 4. The van der Waals surface area contributed by atoms with E-state index in [9.17, 15) is 0 Å². The minimum Gasteiger partial charge on any atom is -0.456 e. The fourth-order valence-corrected chi connectivity index (χ4v) is 9.28. The van der Waals surface area contributed by atoms with Gasteiger partial charge in [-0.05, 0) is 122 Å². The molecule has 3 nitrogen and oxygen atoms in total. The van der Waals surface area contributed by atoms with Crippen LogP contribution >= 0.6 is 0 Å². The van der Waals surface area contributed by atoms with Gasteiger partial charge in [0.05, 0.1) is 0 Å².